The molecule has 1 aliphatic rings. The monoisotopic (exact) mass is 1220 g/mol. The molecule has 0 spiro atoms. The molecule has 5 N–H and O–H groups in total. The highest BCUT2D eigenvalue weighted by Gasteiger charge is 2.46. The summed E-state index contributed by atoms with van der Waals surface area (Å²) in [4.78, 5) is 50.6. The van der Waals surface area contributed by atoms with Gasteiger partial charge >= 0.3 is 21.2 Å². The van der Waals surface area contributed by atoms with Gasteiger partial charge in [-0.2, -0.15) is 15.1 Å². The van der Waals surface area contributed by atoms with E-state index in [2.05, 4.69) is 30.1 Å². The summed E-state index contributed by atoms with van der Waals surface area (Å²) >= 11 is 6.48. The van der Waals surface area contributed by atoms with Gasteiger partial charge in [0, 0.05) is 24.1 Å². The van der Waals surface area contributed by atoms with Gasteiger partial charge in [0.15, 0.2) is 29.4 Å². The van der Waals surface area contributed by atoms with E-state index in [1.165, 1.54) is 6.20 Å². The fourth-order valence-electron chi connectivity index (χ4n) is 7.80. The summed E-state index contributed by atoms with van der Waals surface area (Å²) in [5.41, 5.74) is 1.41. The minimum Gasteiger partial charge on any atom is -0.459 e. The first kappa shape index (κ1) is 64.4. The number of fused-ring (bicyclic) bond motifs is 2. The summed E-state index contributed by atoms with van der Waals surface area (Å²) < 4.78 is 132. The summed E-state index contributed by atoms with van der Waals surface area (Å²) in [5, 5.41) is 35.3. The summed E-state index contributed by atoms with van der Waals surface area (Å²) in [7, 11) is -9.72. The van der Waals surface area contributed by atoms with Crippen LogP contribution in [0.15, 0.2) is 59.3 Å². The lowest BCUT2D eigenvalue weighted by molar-refractivity contribution is -0.136. The van der Waals surface area contributed by atoms with Crippen molar-refractivity contribution in [2.45, 2.75) is 50.7 Å². The molecular weight excluding hydrogens is 1160 g/mol. The molecular formula is C48H62ClF3N8O20P2. The Bertz CT molecular complexity index is 3000. The molecule has 0 aliphatic carbocycles. The van der Waals surface area contributed by atoms with Gasteiger partial charge in [0.05, 0.1) is 150 Å². The van der Waals surface area contributed by atoms with Crippen molar-refractivity contribution in [3.63, 3.8) is 0 Å². The van der Waals surface area contributed by atoms with E-state index in [9.17, 15) is 42.2 Å². The van der Waals surface area contributed by atoms with Crippen molar-refractivity contribution in [2.24, 2.45) is 0 Å². The number of aliphatic hydroxyl groups excluding tert-OH is 2. The normalized spacial score (nSPS) is 17.3. The molecule has 0 amide bonds. The number of halogens is 4. The Kier molecular flexibility index (Phi) is 25.3. The van der Waals surface area contributed by atoms with Crippen LogP contribution < -0.4 is 9.64 Å². The maximum atomic E-state index is 13.6. The van der Waals surface area contributed by atoms with Crippen LogP contribution in [0.5, 0.6) is 5.75 Å². The molecule has 28 nitrogen and oxygen atoms in total. The first-order valence-electron chi connectivity index (χ1n) is 25.4. The molecule has 82 heavy (non-hydrogen) atoms. The predicted molar refractivity (Wildman–Crippen MR) is 278 cm³/mol. The maximum absolute atomic E-state index is 13.6. The molecule has 7 rings (SSSR count). The molecule has 1 unspecified atom stereocenters. The second-order valence-electron chi connectivity index (χ2n) is 17.8. The molecule has 1 aliphatic heterocycles. The number of hydrogen-bond acceptors (Lipinski definition) is 23. The van der Waals surface area contributed by atoms with E-state index in [0.29, 0.717) is 106 Å². The van der Waals surface area contributed by atoms with Crippen LogP contribution in [0.4, 0.5) is 19.0 Å². The van der Waals surface area contributed by atoms with E-state index in [-0.39, 0.29) is 76.7 Å². The zero-order valence-electron chi connectivity index (χ0n) is 43.9. The molecule has 1 saturated heterocycles. The number of hydrogen-bond donors (Lipinski definition) is 5. The van der Waals surface area contributed by atoms with Crippen molar-refractivity contribution in [2.75, 3.05) is 123 Å². The molecule has 452 valence electrons. The first-order chi connectivity index (χ1) is 39.4. The number of carbonyl (C=O) groups excluding carboxylic acids is 1. The maximum Gasteiger partial charge on any atom is 0.340 e. The Labute approximate surface area is 470 Å². The zero-order chi connectivity index (χ0) is 58.5. The molecule has 34 heteroatoms. The Balaban J connectivity index is 0.719. The number of ether oxygens (including phenoxy) is 10. The number of rotatable bonds is 39. The van der Waals surface area contributed by atoms with Gasteiger partial charge in [-0.05, 0) is 23.7 Å². The smallest absolute Gasteiger partial charge is 0.340 e. The van der Waals surface area contributed by atoms with Gasteiger partial charge in [0.1, 0.15) is 47.0 Å². The number of nitrogens with zero attached hydrogens (tertiary/aromatic N) is 8. The number of aliphatic hydroxyl groups is 2. The average Bonchev–Trinajstić information content (AvgIpc) is 4.41. The highest BCUT2D eigenvalue weighted by atomic mass is 35.5. The Hall–Kier alpha value is -5.12. The van der Waals surface area contributed by atoms with Crippen molar-refractivity contribution in [1.82, 2.24) is 34.7 Å². The van der Waals surface area contributed by atoms with Crippen LogP contribution in [0, 0.1) is 17.5 Å². The van der Waals surface area contributed by atoms with Gasteiger partial charge in [-0.15, -0.1) is 5.10 Å². The Morgan fingerprint density at radius 3 is 2.02 bits per heavy atom. The topological polar surface area (TPSA) is 345 Å². The third kappa shape index (κ3) is 20.6. The third-order valence-corrected chi connectivity index (χ3v) is 15.2. The van der Waals surface area contributed by atoms with Crippen LogP contribution in [0.25, 0.3) is 22.0 Å². The van der Waals surface area contributed by atoms with Crippen molar-refractivity contribution < 1.29 is 108 Å². The lowest BCUT2D eigenvalue weighted by atomic mass is 10.1. The molecule has 2 aromatic carbocycles. The molecule has 0 radical (unpaired) electrons. The molecule has 5 atom stereocenters. The fraction of sp³-hybridized carbons (Fsp3) is 0.542. The number of carbonyl (C=O) groups is 1. The van der Waals surface area contributed by atoms with Crippen LogP contribution in [0.2, 0.25) is 5.28 Å². The number of benzene rings is 2. The van der Waals surface area contributed by atoms with Gasteiger partial charge in [0.2, 0.25) is 11.0 Å². The fourth-order valence-corrected chi connectivity index (χ4v) is 10.5. The van der Waals surface area contributed by atoms with E-state index in [0.717, 1.165) is 10.1 Å². The molecule has 1 fully saturated rings. The van der Waals surface area contributed by atoms with Gasteiger partial charge in [-0.3, -0.25) is 13.9 Å². The minimum atomic E-state index is -4.92. The lowest BCUT2D eigenvalue weighted by Crippen LogP contribution is -2.33. The van der Waals surface area contributed by atoms with Crippen LogP contribution in [-0.2, 0) is 80.8 Å². The number of aromatic nitrogens is 7. The van der Waals surface area contributed by atoms with E-state index >= 15 is 0 Å². The SMILES string of the molecule is O=C(CCOCCOCCOCCOCCn1cc(COCCOCCOCCOCCN(Cc2cc3ccccc3o2)c2nc(Cl)nc3c2cnn3[C@@H]2O[C@H](COP(=O)(O)CP(=O)(O)O)[C@@H](O)[C@H]2O)nn1)Oc1c(F)cc(F)cc1F. The van der Waals surface area contributed by atoms with E-state index in [4.69, 9.17) is 73.0 Å². The van der Waals surface area contributed by atoms with Gasteiger partial charge < -0.3 is 86.1 Å². The minimum absolute atomic E-state index is 0.0689. The number of para-hydroxylation sites is 1. The van der Waals surface area contributed by atoms with Crippen molar-refractivity contribution in [3.8, 4) is 5.75 Å². The molecule has 0 saturated carbocycles. The zero-order valence-corrected chi connectivity index (χ0v) is 46.5. The van der Waals surface area contributed by atoms with Crippen molar-refractivity contribution >= 4 is 60.6 Å². The van der Waals surface area contributed by atoms with Crippen LogP contribution in [0.1, 0.15) is 24.1 Å². The summed E-state index contributed by atoms with van der Waals surface area (Å²) in [6.07, 6.45) is -3.22. The average molecular weight is 1230 g/mol. The second-order valence-corrected chi connectivity index (χ2v) is 22.2. The summed E-state index contributed by atoms with van der Waals surface area (Å²) in [6.45, 7) is 4.39. The lowest BCUT2D eigenvalue weighted by Gasteiger charge is -2.23. The Morgan fingerprint density at radius 1 is 0.768 bits per heavy atom. The molecule has 0 bridgehead atoms. The quantitative estimate of drug-likeness (QED) is 0.0121. The summed E-state index contributed by atoms with van der Waals surface area (Å²) in [6, 6.07) is 10.2. The largest absolute Gasteiger partial charge is 0.459 e. The number of anilines is 1. The summed E-state index contributed by atoms with van der Waals surface area (Å²) in [5.74, 6) is -6.21. The highest BCUT2D eigenvalue weighted by molar-refractivity contribution is 7.70. The standard InChI is InChI=1S/C48H62ClF3N8O20P2/c49-48-54-45(36-26-53-60(46(36)55-48)47-43(63)42(62)40(79-47)30-77-82(67,68)31-81(64,65)66)58(28-35-23-32-3-1-2-4-39(32)78-35)6-9-70-12-15-73-19-20-75-21-22-76-29-34-27-59(57-56-34)7-10-71-13-16-74-18-17-72-14-11-69-8-5-41(61)80-44-37(51)24-33(50)25-38(44)52/h1-4,23-27,40,42-43,47,62-63H,5-22,28-31H2,(H,67,68)(H2,64,65,66)/t40-,42-,43-,47-/m1/s1. The number of furan rings is 1. The van der Waals surface area contributed by atoms with Crippen LogP contribution >= 0.6 is 26.8 Å². The second kappa shape index (κ2) is 32.2. The predicted octanol–water partition coefficient (Wildman–Crippen LogP) is 3.53. The first-order valence-corrected chi connectivity index (χ1v) is 29.4. The van der Waals surface area contributed by atoms with E-state index in [1.54, 1.807) is 10.9 Å². The van der Waals surface area contributed by atoms with E-state index in [1.807, 2.05) is 35.2 Å². The highest BCUT2D eigenvalue weighted by Crippen LogP contribution is 2.55. The van der Waals surface area contributed by atoms with Crippen molar-refractivity contribution in [3.05, 3.63) is 89.0 Å². The van der Waals surface area contributed by atoms with Gasteiger partial charge in [-0.25, -0.2) is 22.5 Å². The Morgan fingerprint density at radius 2 is 1.38 bits per heavy atom. The van der Waals surface area contributed by atoms with Gasteiger partial charge in [-0.1, -0.05) is 23.4 Å². The van der Waals surface area contributed by atoms with Gasteiger partial charge in [0.25, 0.3) is 0 Å². The van der Waals surface area contributed by atoms with Crippen LogP contribution in [-0.4, -0.2) is 202 Å². The van der Waals surface area contributed by atoms with E-state index < -0.39 is 81.4 Å². The number of esters is 1. The molecule has 5 heterocycles. The third-order valence-electron chi connectivity index (χ3n) is 11.6. The van der Waals surface area contributed by atoms with Crippen molar-refractivity contribution in [1.29, 1.82) is 0 Å². The van der Waals surface area contributed by atoms with Crippen LogP contribution in [0.3, 0.4) is 0 Å². The molecule has 6 aromatic rings. The molecule has 4 aromatic heterocycles.